The Kier molecular flexibility index (Phi) is 4.66. The topological polar surface area (TPSA) is 29.1 Å². The molecule has 0 aromatic heterocycles. The minimum Gasteiger partial charge on any atom is -0.321 e. The number of nitrogens with one attached hydrogen (secondary N) is 1. The minimum absolute atomic E-state index is 0.200. The van der Waals surface area contributed by atoms with Crippen molar-refractivity contribution >= 4 is 55.1 Å². The van der Waals surface area contributed by atoms with Gasteiger partial charge in [0.05, 0.1) is 10.7 Å². The highest BCUT2D eigenvalue weighted by Crippen LogP contribution is 2.25. The van der Waals surface area contributed by atoms with Crippen LogP contribution in [0, 0.1) is 6.92 Å². The SMILES string of the molecule is Cc1ccc(Cl)c(NC(=O)c2cc(Br)cc(Br)c2)c1. The predicted molar refractivity (Wildman–Crippen MR) is 86.0 cm³/mol. The smallest absolute Gasteiger partial charge is 0.255 e. The van der Waals surface area contributed by atoms with Crippen molar-refractivity contribution in [2.45, 2.75) is 6.92 Å². The maximum Gasteiger partial charge on any atom is 0.255 e. The molecule has 0 bridgehead atoms. The van der Waals surface area contributed by atoms with Crippen molar-refractivity contribution in [2.75, 3.05) is 5.32 Å². The lowest BCUT2D eigenvalue weighted by Crippen LogP contribution is -2.12. The summed E-state index contributed by atoms with van der Waals surface area (Å²) in [7, 11) is 0. The molecule has 0 atom stereocenters. The number of hydrogen-bond acceptors (Lipinski definition) is 1. The lowest BCUT2D eigenvalue weighted by molar-refractivity contribution is 0.102. The van der Waals surface area contributed by atoms with Gasteiger partial charge in [-0.2, -0.15) is 0 Å². The third-order valence-corrected chi connectivity index (χ3v) is 3.74. The number of anilines is 1. The third kappa shape index (κ3) is 3.81. The molecule has 0 fully saturated rings. The van der Waals surface area contributed by atoms with Gasteiger partial charge < -0.3 is 5.32 Å². The van der Waals surface area contributed by atoms with Gasteiger partial charge in [-0.05, 0) is 42.8 Å². The standard InChI is InChI=1S/C14H10Br2ClNO/c1-8-2-3-12(17)13(4-8)18-14(19)9-5-10(15)7-11(16)6-9/h2-7H,1H3,(H,18,19). The van der Waals surface area contributed by atoms with Crippen LogP contribution in [0.2, 0.25) is 5.02 Å². The van der Waals surface area contributed by atoms with E-state index in [-0.39, 0.29) is 5.91 Å². The van der Waals surface area contributed by atoms with Crippen molar-refractivity contribution in [3.05, 3.63) is 61.5 Å². The van der Waals surface area contributed by atoms with E-state index in [0.29, 0.717) is 16.3 Å². The Hall–Kier alpha value is -0.840. The molecule has 0 saturated carbocycles. The first-order valence-corrected chi connectivity index (χ1v) is 7.46. The van der Waals surface area contributed by atoms with Crippen LogP contribution in [0.25, 0.3) is 0 Å². The average Bonchev–Trinajstić information content (AvgIpc) is 2.32. The van der Waals surface area contributed by atoms with Crippen LogP contribution in [0.4, 0.5) is 5.69 Å². The van der Waals surface area contributed by atoms with E-state index in [9.17, 15) is 4.79 Å². The van der Waals surface area contributed by atoms with Crippen LogP contribution in [0.3, 0.4) is 0 Å². The Morgan fingerprint density at radius 1 is 1.11 bits per heavy atom. The molecule has 2 aromatic rings. The van der Waals surface area contributed by atoms with E-state index in [2.05, 4.69) is 37.2 Å². The molecule has 0 heterocycles. The van der Waals surface area contributed by atoms with Crippen molar-refractivity contribution in [1.29, 1.82) is 0 Å². The summed E-state index contributed by atoms with van der Waals surface area (Å²) in [6.07, 6.45) is 0. The highest BCUT2D eigenvalue weighted by Gasteiger charge is 2.10. The van der Waals surface area contributed by atoms with Crippen LogP contribution in [0.5, 0.6) is 0 Å². The van der Waals surface area contributed by atoms with Gasteiger partial charge in [-0.1, -0.05) is 49.5 Å². The monoisotopic (exact) mass is 401 g/mol. The Balaban J connectivity index is 2.28. The van der Waals surface area contributed by atoms with E-state index in [0.717, 1.165) is 14.5 Å². The molecule has 5 heteroatoms. The fourth-order valence-electron chi connectivity index (χ4n) is 1.61. The minimum atomic E-state index is -0.200. The van der Waals surface area contributed by atoms with Crippen LogP contribution in [0.1, 0.15) is 15.9 Å². The molecule has 0 saturated heterocycles. The summed E-state index contributed by atoms with van der Waals surface area (Å²) in [5.74, 6) is -0.200. The predicted octanol–water partition coefficient (Wildman–Crippen LogP) is 5.43. The largest absolute Gasteiger partial charge is 0.321 e. The lowest BCUT2D eigenvalue weighted by atomic mass is 10.2. The molecule has 2 aromatic carbocycles. The zero-order chi connectivity index (χ0) is 14.0. The van der Waals surface area contributed by atoms with Crippen molar-refractivity contribution in [3.8, 4) is 0 Å². The van der Waals surface area contributed by atoms with E-state index >= 15 is 0 Å². The fourth-order valence-corrected chi connectivity index (χ4v) is 3.07. The Morgan fingerprint density at radius 2 is 1.74 bits per heavy atom. The average molecular weight is 404 g/mol. The van der Waals surface area contributed by atoms with Crippen molar-refractivity contribution in [1.82, 2.24) is 0 Å². The van der Waals surface area contributed by atoms with Gasteiger partial charge in [0, 0.05) is 14.5 Å². The maximum atomic E-state index is 12.2. The molecule has 1 N–H and O–H groups in total. The molecule has 0 aliphatic heterocycles. The van der Waals surface area contributed by atoms with Crippen molar-refractivity contribution < 1.29 is 4.79 Å². The van der Waals surface area contributed by atoms with Gasteiger partial charge in [-0.25, -0.2) is 0 Å². The fraction of sp³-hybridized carbons (Fsp3) is 0.0714. The van der Waals surface area contributed by atoms with E-state index in [1.54, 1.807) is 18.2 Å². The van der Waals surface area contributed by atoms with Crippen molar-refractivity contribution in [2.24, 2.45) is 0 Å². The van der Waals surface area contributed by atoms with Gasteiger partial charge in [0.25, 0.3) is 5.91 Å². The summed E-state index contributed by atoms with van der Waals surface area (Å²) in [6.45, 7) is 1.95. The molecule has 2 rings (SSSR count). The molecule has 0 aliphatic carbocycles. The van der Waals surface area contributed by atoms with E-state index in [1.807, 2.05) is 25.1 Å². The van der Waals surface area contributed by atoms with E-state index in [1.165, 1.54) is 0 Å². The van der Waals surface area contributed by atoms with Gasteiger partial charge in [-0.15, -0.1) is 0 Å². The molecule has 19 heavy (non-hydrogen) atoms. The van der Waals surface area contributed by atoms with Gasteiger partial charge >= 0.3 is 0 Å². The summed E-state index contributed by atoms with van der Waals surface area (Å²) in [5.41, 5.74) is 2.21. The molecule has 0 spiro atoms. The van der Waals surface area contributed by atoms with E-state index in [4.69, 9.17) is 11.6 Å². The molecule has 0 radical (unpaired) electrons. The Bertz CT molecular complexity index is 623. The number of hydrogen-bond donors (Lipinski definition) is 1. The van der Waals surface area contributed by atoms with Gasteiger partial charge in [0.2, 0.25) is 0 Å². The van der Waals surface area contributed by atoms with Crippen LogP contribution >= 0.6 is 43.5 Å². The highest BCUT2D eigenvalue weighted by molar-refractivity contribution is 9.11. The Labute approximate surface area is 133 Å². The van der Waals surface area contributed by atoms with Crippen LogP contribution in [-0.2, 0) is 0 Å². The van der Waals surface area contributed by atoms with Crippen LogP contribution < -0.4 is 5.32 Å². The molecule has 2 nitrogen and oxygen atoms in total. The number of halogens is 3. The number of amides is 1. The summed E-state index contributed by atoms with van der Waals surface area (Å²) in [6, 6.07) is 10.9. The first-order chi connectivity index (χ1) is 8.95. The lowest BCUT2D eigenvalue weighted by Gasteiger charge is -2.09. The second-order valence-corrected chi connectivity index (χ2v) is 6.33. The third-order valence-electron chi connectivity index (χ3n) is 2.49. The molecular formula is C14H10Br2ClNO. The quantitative estimate of drug-likeness (QED) is 0.712. The first kappa shape index (κ1) is 14.6. The number of benzene rings is 2. The van der Waals surface area contributed by atoms with Crippen LogP contribution in [-0.4, -0.2) is 5.91 Å². The summed E-state index contributed by atoms with van der Waals surface area (Å²) >= 11 is 12.8. The molecular weight excluding hydrogens is 393 g/mol. The summed E-state index contributed by atoms with van der Waals surface area (Å²) in [5, 5.41) is 3.33. The second-order valence-electron chi connectivity index (χ2n) is 4.10. The maximum absolute atomic E-state index is 12.2. The van der Waals surface area contributed by atoms with Crippen LogP contribution in [0.15, 0.2) is 45.3 Å². The highest BCUT2D eigenvalue weighted by atomic mass is 79.9. The second kappa shape index (κ2) is 6.07. The zero-order valence-corrected chi connectivity index (χ0v) is 13.9. The number of aryl methyl sites for hydroxylation is 1. The summed E-state index contributed by atoms with van der Waals surface area (Å²) in [4.78, 5) is 12.2. The normalized spacial score (nSPS) is 10.3. The number of rotatable bonds is 2. The number of carbonyl (C=O) groups excluding carboxylic acids is 1. The first-order valence-electron chi connectivity index (χ1n) is 5.49. The van der Waals surface area contributed by atoms with Crippen molar-refractivity contribution in [3.63, 3.8) is 0 Å². The Morgan fingerprint density at radius 3 is 2.37 bits per heavy atom. The summed E-state index contributed by atoms with van der Waals surface area (Å²) < 4.78 is 1.67. The molecule has 0 aliphatic rings. The van der Waals surface area contributed by atoms with Gasteiger partial charge in [0.1, 0.15) is 0 Å². The number of carbonyl (C=O) groups is 1. The van der Waals surface area contributed by atoms with Gasteiger partial charge in [0.15, 0.2) is 0 Å². The molecule has 0 unspecified atom stereocenters. The van der Waals surface area contributed by atoms with E-state index < -0.39 is 0 Å². The molecule has 98 valence electrons. The molecule has 1 amide bonds. The zero-order valence-electron chi connectivity index (χ0n) is 10.0. The van der Waals surface area contributed by atoms with Gasteiger partial charge in [-0.3, -0.25) is 4.79 Å².